The van der Waals surface area contributed by atoms with Crippen LogP contribution in [0.25, 0.3) is 0 Å². The van der Waals surface area contributed by atoms with E-state index in [4.69, 9.17) is 4.74 Å². The summed E-state index contributed by atoms with van der Waals surface area (Å²) in [6.45, 7) is 7.01. The fourth-order valence-electron chi connectivity index (χ4n) is 3.15. The van der Waals surface area contributed by atoms with E-state index in [0.717, 1.165) is 6.42 Å². The second kappa shape index (κ2) is 9.50. The number of aliphatic hydroxyl groups is 1. The number of rotatable bonds is 8. The Morgan fingerprint density at radius 2 is 1.65 bits per heavy atom. The minimum Gasteiger partial charge on any atom is -0.464 e. The minimum absolute atomic E-state index is 0.307. The third kappa shape index (κ3) is 5.16. The van der Waals surface area contributed by atoms with E-state index in [0.29, 0.717) is 17.7 Å². The van der Waals surface area contributed by atoms with E-state index in [1.165, 1.54) is 5.19 Å². The van der Waals surface area contributed by atoms with Crippen LogP contribution in [0, 0.1) is 0 Å². The van der Waals surface area contributed by atoms with E-state index in [1.807, 2.05) is 19.1 Å². The van der Waals surface area contributed by atoms with Crippen LogP contribution in [0.15, 0.2) is 72.8 Å². The first-order valence-electron chi connectivity index (χ1n) is 9.04. The van der Waals surface area contributed by atoms with Gasteiger partial charge in [-0.2, -0.15) is 0 Å². The molecule has 0 aliphatic carbocycles. The molecule has 138 valence electrons. The number of aliphatic hydroxyl groups excluding tert-OH is 1. The highest BCUT2D eigenvalue weighted by Crippen LogP contribution is 2.27. The highest BCUT2D eigenvalue weighted by atomic mass is 28.3. The molecule has 0 heterocycles. The summed E-state index contributed by atoms with van der Waals surface area (Å²) < 4.78 is 5.37. The van der Waals surface area contributed by atoms with Gasteiger partial charge in [0.1, 0.15) is 0 Å². The van der Waals surface area contributed by atoms with E-state index in [9.17, 15) is 9.90 Å². The van der Waals surface area contributed by atoms with Gasteiger partial charge in [-0.3, -0.25) is 0 Å². The van der Waals surface area contributed by atoms with E-state index in [2.05, 4.69) is 49.5 Å². The van der Waals surface area contributed by atoms with Gasteiger partial charge in [-0.05, 0) is 24.4 Å². The van der Waals surface area contributed by atoms with Crippen molar-refractivity contribution in [2.75, 3.05) is 6.61 Å². The summed E-state index contributed by atoms with van der Waals surface area (Å²) in [5.41, 5.74) is 0.915. The maximum Gasteiger partial charge on any atom is 0.339 e. The van der Waals surface area contributed by atoms with Crippen molar-refractivity contribution in [1.82, 2.24) is 0 Å². The van der Waals surface area contributed by atoms with Crippen LogP contribution in [0.4, 0.5) is 0 Å². The first-order valence-corrected chi connectivity index (χ1v) is 12.1. The molecule has 0 aliphatic rings. The zero-order valence-corrected chi connectivity index (χ0v) is 16.8. The van der Waals surface area contributed by atoms with Crippen molar-refractivity contribution in [3.63, 3.8) is 0 Å². The second-order valence-corrected chi connectivity index (χ2v) is 11.8. The Bertz CT molecular complexity index is 711. The molecular weight excluding hydrogens is 340 g/mol. The number of hydrogen-bond acceptors (Lipinski definition) is 3. The fourth-order valence-corrected chi connectivity index (χ4v) is 6.14. The van der Waals surface area contributed by atoms with E-state index < -0.39 is 20.1 Å². The first kappa shape index (κ1) is 20.1. The Kier molecular flexibility index (Phi) is 7.36. The average molecular weight is 369 g/mol. The largest absolute Gasteiger partial charge is 0.464 e. The summed E-state index contributed by atoms with van der Waals surface area (Å²) in [5, 5.41) is 11.5. The Balaban J connectivity index is 1.97. The van der Waals surface area contributed by atoms with Gasteiger partial charge in [0.2, 0.25) is 0 Å². The third-order valence-corrected chi connectivity index (χ3v) is 9.04. The second-order valence-electron chi connectivity index (χ2n) is 6.99. The summed E-state index contributed by atoms with van der Waals surface area (Å²) in [7, 11) is -1.73. The highest BCUT2D eigenvalue weighted by Gasteiger charge is 2.32. The van der Waals surface area contributed by atoms with Gasteiger partial charge >= 0.3 is 5.97 Å². The van der Waals surface area contributed by atoms with Crippen molar-refractivity contribution in [2.45, 2.75) is 38.1 Å². The van der Waals surface area contributed by atoms with Crippen LogP contribution in [-0.2, 0) is 9.53 Å². The number of hydrogen-bond donors (Lipinski definition) is 1. The van der Waals surface area contributed by atoms with Gasteiger partial charge in [0.15, 0.2) is 6.10 Å². The molecule has 0 radical (unpaired) electrons. The molecule has 0 bridgehead atoms. The highest BCUT2D eigenvalue weighted by molar-refractivity contribution is 6.91. The van der Waals surface area contributed by atoms with Crippen LogP contribution in [0.3, 0.4) is 0 Å². The molecule has 3 nitrogen and oxygen atoms in total. The molecule has 1 unspecified atom stereocenters. The lowest BCUT2D eigenvalue weighted by molar-refractivity contribution is -0.154. The number of carbonyl (C=O) groups excluding carboxylic acids is 1. The Labute approximate surface area is 157 Å². The van der Waals surface area contributed by atoms with E-state index in [-0.39, 0.29) is 0 Å². The van der Waals surface area contributed by atoms with Crippen LogP contribution in [-0.4, -0.2) is 25.8 Å². The molecule has 0 fully saturated rings. The van der Waals surface area contributed by atoms with Crippen LogP contribution in [0.1, 0.15) is 25.0 Å². The molecule has 0 spiro atoms. The summed E-state index contributed by atoms with van der Waals surface area (Å²) >= 11 is 0. The van der Waals surface area contributed by atoms with Gasteiger partial charge in [-0.15, -0.1) is 0 Å². The number of benzene rings is 2. The molecule has 0 aromatic heterocycles. The zero-order chi connectivity index (χ0) is 19.0. The maximum atomic E-state index is 12.1. The van der Waals surface area contributed by atoms with Gasteiger partial charge < -0.3 is 9.84 Å². The predicted octanol–water partition coefficient (Wildman–Crippen LogP) is 4.22. The molecule has 2 aromatic rings. The number of carbonyl (C=O) groups is 1. The molecule has 0 saturated carbocycles. The summed E-state index contributed by atoms with van der Waals surface area (Å²) in [6.07, 6.45) is 3.82. The Morgan fingerprint density at radius 1 is 1.08 bits per heavy atom. The standard InChI is InChI=1S/C22H28O3Si/c1-4-11-19(26(2,3)20-14-9-6-10-15-20)16-17-25-22(24)21(23)18-12-7-5-8-13-18/h4-15,19,21,23H,16-17H2,1-3H3/b11-4+/t19-,21?/m0/s1. The van der Waals surface area contributed by atoms with Gasteiger partial charge in [-0.1, -0.05) is 91.1 Å². The summed E-state index contributed by atoms with van der Waals surface area (Å²) in [4.78, 5) is 12.1. The SMILES string of the molecule is C/C=C/[C@@H](CCOC(=O)C(O)c1ccccc1)[Si](C)(C)c1ccccc1. The number of esters is 1. The molecule has 2 aromatic carbocycles. The van der Waals surface area contributed by atoms with Gasteiger partial charge in [0.05, 0.1) is 14.7 Å². The normalized spacial score (nSPS) is 14.2. The number of ether oxygens (including phenoxy) is 1. The van der Waals surface area contributed by atoms with Crippen LogP contribution in [0.2, 0.25) is 18.6 Å². The molecule has 0 saturated heterocycles. The van der Waals surface area contributed by atoms with Crippen molar-refractivity contribution in [3.8, 4) is 0 Å². The molecule has 0 aliphatic heterocycles. The van der Waals surface area contributed by atoms with Crippen LogP contribution in [0.5, 0.6) is 0 Å². The molecule has 0 amide bonds. The van der Waals surface area contributed by atoms with Crippen molar-refractivity contribution in [2.24, 2.45) is 0 Å². The molecule has 2 atom stereocenters. The lowest BCUT2D eigenvalue weighted by Gasteiger charge is -2.31. The van der Waals surface area contributed by atoms with Crippen molar-refractivity contribution in [1.29, 1.82) is 0 Å². The quantitative estimate of drug-likeness (QED) is 0.431. The topological polar surface area (TPSA) is 46.5 Å². The predicted molar refractivity (Wildman–Crippen MR) is 109 cm³/mol. The lowest BCUT2D eigenvalue weighted by atomic mass is 10.1. The van der Waals surface area contributed by atoms with Crippen LogP contribution >= 0.6 is 0 Å². The average Bonchev–Trinajstić information content (AvgIpc) is 2.68. The van der Waals surface area contributed by atoms with Crippen molar-refractivity contribution < 1.29 is 14.6 Å². The zero-order valence-electron chi connectivity index (χ0n) is 15.8. The molecule has 26 heavy (non-hydrogen) atoms. The molecule has 4 heteroatoms. The first-order chi connectivity index (χ1) is 12.5. The van der Waals surface area contributed by atoms with E-state index >= 15 is 0 Å². The van der Waals surface area contributed by atoms with Crippen molar-refractivity contribution >= 4 is 19.2 Å². The minimum atomic E-state index is -1.73. The van der Waals surface area contributed by atoms with Gasteiger partial charge in [-0.25, -0.2) is 4.79 Å². The fraction of sp³-hybridized carbons (Fsp3) is 0.318. The lowest BCUT2D eigenvalue weighted by Crippen LogP contribution is -2.45. The molecule has 1 N–H and O–H groups in total. The Hall–Kier alpha value is -2.17. The third-order valence-electron chi connectivity index (χ3n) is 4.88. The monoisotopic (exact) mass is 368 g/mol. The van der Waals surface area contributed by atoms with Crippen LogP contribution < -0.4 is 5.19 Å². The molecule has 2 rings (SSSR count). The Morgan fingerprint density at radius 3 is 2.23 bits per heavy atom. The summed E-state index contributed by atoms with van der Waals surface area (Å²) in [5.74, 6) is -0.588. The smallest absolute Gasteiger partial charge is 0.339 e. The van der Waals surface area contributed by atoms with E-state index in [1.54, 1.807) is 24.3 Å². The summed E-state index contributed by atoms with van der Waals surface area (Å²) in [6, 6.07) is 19.4. The van der Waals surface area contributed by atoms with Crippen molar-refractivity contribution in [3.05, 3.63) is 78.4 Å². The molecular formula is C22H28O3Si. The number of allylic oxidation sites excluding steroid dienone is 2. The van der Waals surface area contributed by atoms with Gasteiger partial charge in [0, 0.05) is 0 Å². The maximum absolute atomic E-state index is 12.1. The van der Waals surface area contributed by atoms with Gasteiger partial charge in [0.25, 0.3) is 0 Å².